The standard InChI is InChI=1S/C31H34F6N2O5.ClH/c32-30(33,34)22-14-21(15-23(16-22)31(35,36)37)29(43)39-12-11-24(17-25(39)13-20-7-3-1-4-8-20)38(18-27(40)41)19-28(42)44-26-9-5-2-6-10-26;/h1,3-4,7-8,14-16,24-26H,2,5-6,9-13,17-19H2,(H,40,41);1H/t24-,25+;/m0./s1. The van der Waals surface area contributed by atoms with Crippen LogP contribution in [-0.4, -0.2) is 70.6 Å². The second-order valence-corrected chi connectivity index (χ2v) is 11.4. The maximum Gasteiger partial charge on any atom is 0.416 e. The first-order chi connectivity index (χ1) is 20.7. The van der Waals surface area contributed by atoms with Crippen molar-refractivity contribution in [2.75, 3.05) is 19.6 Å². The molecule has 14 heteroatoms. The third-order valence-corrected chi connectivity index (χ3v) is 8.14. The monoisotopic (exact) mass is 664 g/mol. The number of nitrogens with zero attached hydrogens (tertiary/aromatic N) is 2. The minimum atomic E-state index is -5.11. The van der Waals surface area contributed by atoms with Gasteiger partial charge in [0.05, 0.1) is 24.2 Å². The summed E-state index contributed by atoms with van der Waals surface area (Å²) in [6.45, 7) is -0.868. The number of alkyl halides is 6. The van der Waals surface area contributed by atoms with Gasteiger partial charge in [0.1, 0.15) is 6.10 Å². The highest BCUT2D eigenvalue weighted by Crippen LogP contribution is 2.37. The van der Waals surface area contributed by atoms with Crippen LogP contribution in [0.3, 0.4) is 0 Å². The Morgan fingerprint density at radius 2 is 1.47 bits per heavy atom. The number of carboxylic acids is 1. The molecule has 2 atom stereocenters. The molecule has 1 saturated carbocycles. The van der Waals surface area contributed by atoms with E-state index in [0.29, 0.717) is 12.1 Å². The average Bonchev–Trinajstić information content (AvgIpc) is 2.96. The van der Waals surface area contributed by atoms with Crippen molar-refractivity contribution >= 4 is 30.3 Å². The molecule has 0 spiro atoms. The average molecular weight is 665 g/mol. The van der Waals surface area contributed by atoms with Crippen LogP contribution >= 0.6 is 12.4 Å². The lowest BCUT2D eigenvalue weighted by Crippen LogP contribution is -2.54. The maximum atomic E-state index is 13.6. The zero-order valence-electron chi connectivity index (χ0n) is 24.3. The van der Waals surface area contributed by atoms with Crippen LogP contribution in [0.4, 0.5) is 26.3 Å². The van der Waals surface area contributed by atoms with Gasteiger partial charge in [0, 0.05) is 24.2 Å². The van der Waals surface area contributed by atoms with E-state index in [1.165, 1.54) is 9.80 Å². The van der Waals surface area contributed by atoms with Crippen molar-refractivity contribution in [3.63, 3.8) is 0 Å². The first-order valence-corrected chi connectivity index (χ1v) is 14.5. The summed E-state index contributed by atoms with van der Waals surface area (Å²) in [6.07, 6.45) is -5.59. The Hall–Kier alpha value is -3.32. The topological polar surface area (TPSA) is 87.2 Å². The van der Waals surface area contributed by atoms with Crippen molar-refractivity contribution in [2.45, 2.75) is 81.9 Å². The molecular formula is C31H35ClF6N2O5. The van der Waals surface area contributed by atoms with Crippen LogP contribution in [0.15, 0.2) is 48.5 Å². The Morgan fingerprint density at radius 3 is 2.02 bits per heavy atom. The third kappa shape index (κ3) is 10.1. The van der Waals surface area contributed by atoms with Crippen molar-refractivity contribution < 1.29 is 50.6 Å². The van der Waals surface area contributed by atoms with Gasteiger partial charge in [-0.05, 0) is 68.7 Å². The number of piperidine rings is 1. The van der Waals surface area contributed by atoms with E-state index in [1.54, 1.807) is 30.3 Å². The second-order valence-electron chi connectivity index (χ2n) is 11.4. The number of esters is 1. The van der Waals surface area contributed by atoms with E-state index < -0.39 is 65.5 Å². The summed E-state index contributed by atoms with van der Waals surface area (Å²) in [5.41, 5.74) is -3.16. The van der Waals surface area contributed by atoms with Crippen LogP contribution in [0.2, 0.25) is 0 Å². The summed E-state index contributed by atoms with van der Waals surface area (Å²) in [5.74, 6) is -2.75. The van der Waals surface area contributed by atoms with Gasteiger partial charge >= 0.3 is 24.3 Å². The molecule has 0 unspecified atom stereocenters. The molecule has 1 aliphatic heterocycles. The number of aliphatic carboxylic acids is 1. The number of benzene rings is 2. The molecule has 1 heterocycles. The van der Waals surface area contributed by atoms with E-state index in [1.807, 2.05) is 0 Å². The number of rotatable bonds is 9. The third-order valence-electron chi connectivity index (χ3n) is 8.14. The highest BCUT2D eigenvalue weighted by molar-refractivity contribution is 5.95. The van der Waals surface area contributed by atoms with Crippen LogP contribution in [0.1, 0.15) is 72.0 Å². The molecule has 1 N–H and O–H groups in total. The van der Waals surface area contributed by atoms with Gasteiger partial charge in [0.15, 0.2) is 0 Å². The molecule has 0 bridgehead atoms. The summed E-state index contributed by atoms with van der Waals surface area (Å²) in [5, 5.41) is 9.58. The number of amides is 1. The van der Waals surface area contributed by atoms with Crippen molar-refractivity contribution in [3.8, 4) is 0 Å². The number of hydrogen-bond acceptors (Lipinski definition) is 5. The zero-order chi connectivity index (χ0) is 32.1. The number of carbonyl (C=O) groups excluding carboxylic acids is 2. The van der Waals surface area contributed by atoms with E-state index >= 15 is 0 Å². The molecule has 2 aromatic carbocycles. The first kappa shape index (κ1) is 36.2. The van der Waals surface area contributed by atoms with E-state index in [2.05, 4.69) is 0 Å². The molecule has 1 amide bonds. The zero-order valence-corrected chi connectivity index (χ0v) is 25.1. The quantitative estimate of drug-likeness (QED) is 0.240. The van der Waals surface area contributed by atoms with Gasteiger partial charge in [-0.3, -0.25) is 19.3 Å². The molecule has 2 fully saturated rings. The van der Waals surface area contributed by atoms with Crippen LogP contribution in [0.25, 0.3) is 0 Å². The van der Waals surface area contributed by atoms with Gasteiger partial charge in [-0.15, -0.1) is 12.4 Å². The fourth-order valence-corrected chi connectivity index (χ4v) is 6.01. The van der Waals surface area contributed by atoms with E-state index in [4.69, 9.17) is 4.74 Å². The van der Waals surface area contributed by atoms with Crippen LogP contribution in [0, 0.1) is 0 Å². The maximum absolute atomic E-state index is 13.6. The number of carboxylic acid groups (broad SMARTS) is 1. The van der Waals surface area contributed by atoms with E-state index in [9.17, 15) is 45.8 Å². The van der Waals surface area contributed by atoms with E-state index in [-0.39, 0.29) is 56.9 Å². The number of halogens is 7. The first-order valence-electron chi connectivity index (χ1n) is 14.5. The van der Waals surface area contributed by atoms with Gasteiger partial charge in [0.2, 0.25) is 0 Å². The van der Waals surface area contributed by atoms with Crippen LogP contribution in [-0.2, 0) is 33.1 Å². The lowest BCUT2D eigenvalue weighted by Gasteiger charge is -2.43. The van der Waals surface area contributed by atoms with Gasteiger partial charge in [-0.25, -0.2) is 0 Å². The van der Waals surface area contributed by atoms with Crippen LogP contribution in [0.5, 0.6) is 0 Å². The van der Waals surface area contributed by atoms with Gasteiger partial charge < -0.3 is 14.7 Å². The summed E-state index contributed by atoms with van der Waals surface area (Å²) < 4.78 is 86.7. The molecule has 2 aromatic rings. The molecule has 1 saturated heterocycles. The Bertz CT molecular complexity index is 1290. The summed E-state index contributed by atoms with van der Waals surface area (Å²) in [6, 6.07) is 8.40. The fraction of sp³-hybridized carbons (Fsp3) is 0.516. The smallest absolute Gasteiger partial charge is 0.416 e. The van der Waals surface area contributed by atoms with E-state index in [0.717, 1.165) is 37.7 Å². The Balaban J connectivity index is 0.00000552. The van der Waals surface area contributed by atoms with Crippen molar-refractivity contribution in [3.05, 3.63) is 70.8 Å². The van der Waals surface area contributed by atoms with Gasteiger partial charge in [-0.2, -0.15) is 26.3 Å². The van der Waals surface area contributed by atoms with Gasteiger partial charge in [0.25, 0.3) is 5.91 Å². The molecule has 1 aliphatic carbocycles. The Morgan fingerprint density at radius 1 is 0.867 bits per heavy atom. The molecule has 0 radical (unpaired) electrons. The molecule has 45 heavy (non-hydrogen) atoms. The molecular weight excluding hydrogens is 630 g/mol. The number of hydrogen-bond donors (Lipinski definition) is 1. The highest BCUT2D eigenvalue weighted by Gasteiger charge is 2.40. The van der Waals surface area contributed by atoms with Crippen LogP contribution < -0.4 is 0 Å². The number of ether oxygens (including phenoxy) is 1. The summed E-state index contributed by atoms with van der Waals surface area (Å²) in [4.78, 5) is 40.9. The number of likely N-dealkylation sites (tertiary alicyclic amines) is 1. The largest absolute Gasteiger partial charge is 0.480 e. The Labute approximate surface area is 262 Å². The van der Waals surface area contributed by atoms with Crippen molar-refractivity contribution in [2.24, 2.45) is 0 Å². The van der Waals surface area contributed by atoms with Crippen molar-refractivity contribution in [1.29, 1.82) is 0 Å². The van der Waals surface area contributed by atoms with Gasteiger partial charge in [-0.1, -0.05) is 36.8 Å². The number of carbonyl (C=O) groups is 3. The van der Waals surface area contributed by atoms with Crippen molar-refractivity contribution in [1.82, 2.24) is 9.80 Å². The predicted molar refractivity (Wildman–Crippen MR) is 154 cm³/mol. The minimum absolute atomic E-state index is 0. The normalized spacial score (nSPS) is 19.6. The SMILES string of the molecule is Cl.O=C(O)CN(CC(=O)OC1CCCCC1)[C@H]1CCN(C(=O)c2cc(C(F)(F)F)cc(C(F)(F)F)c2)[C@H](Cc2ccccc2)C1. The minimum Gasteiger partial charge on any atom is -0.480 e. The lowest BCUT2D eigenvalue weighted by molar-refractivity contribution is -0.154. The fourth-order valence-electron chi connectivity index (χ4n) is 6.01. The molecule has 7 nitrogen and oxygen atoms in total. The molecule has 0 aromatic heterocycles. The second kappa shape index (κ2) is 15.3. The molecule has 4 rings (SSSR count). The lowest BCUT2D eigenvalue weighted by atomic mass is 9.90. The predicted octanol–water partition coefficient (Wildman–Crippen LogP) is 6.62. The molecule has 2 aliphatic rings. The summed E-state index contributed by atoms with van der Waals surface area (Å²) >= 11 is 0. The Kier molecular flexibility index (Phi) is 12.3. The summed E-state index contributed by atoms with van der Waals surface area (Å²) in [7, 11) is 0. The highest BCUT2D eigenvalue weighted by atomic mass is 35.5. The molecule has 248 valence electrons.